The van der Waals surface area contributed by atoms with E-state index >= 15 is 0 Å². The number of nitrogens with zero attached hydrogens (tertiary/aromatic N) is 1. The highest BCUT2D eigenvalue weighted by Crippen LogP contribution is 2.23. The Morgan fingerprint density at radius 1 is 1.14 bits per heavy atom. The van der Waals surface area contributed by atoms with Crippen LogP contribution >= 0.6 is 27.3 Å². The number of benzene rings is 1. The van der Waals surface area contributed by atoms with E-state index in [1.807, 2.05) is 18.2 Å². The van der Waals surface area contributed by atoms with Crippen LogP contribution in [0.4, 0.5) is 5.69 Å². The van der Waals surface area contributed by atoms with Crippen LogP contribution in [-0.4, -0.2) is 30.8 Å². The molecule has 1 N–H and O–H groups in total. The lowest BCUT2D eigenvalue weighted by Crippen LogP contribution is -2.23. The summed E-state index contributed by atoms with van der Waals surface area (Å²) in [4.78, 5) is 25.8. The Morgan fingerprint density at radius 2 is 1.81 bits per heavy atom. The zero-order chi connectivity index (χ0) is 15.4. The first-order valence-corrected chi connectivity index (χ1v) is 7.92. The van der Waals surface area contributed by atoms with E-state index in [1.54, 1.807) is 37.2 Å². The number of hydrogen-bond acceptors (Lipinski definition) is 3. The van der Waals surface area contributed by atoms with Crippen LogP contribution < -0.4 is 5.32 Å². The van der Waals surface area contributed by atoms with Crippen LogP contribution in [0.5, 0.6) is 0 Å². The number of nitrogens with one attached hydrogen (secondary N) is 1. The molecule has 1 aromatic heterocycles. The van der Waals surface area contributed by atoms with E-state index in [2.05, 4.69) is 21.2 Å². The molecule has 1 aromatic carbocycles. The monoisotopic (exact) mass is 366 g/mol. The average molecular weight is 367 g/mol. The molecule has 0 aliphatic rings. The first-order valence-electron chi connectivity index (χ1n) is 6.31. The summed E-state index contributed by atoms with van der Waals surface area (Å²) in [7, 11) is 3.46. The quantitative estimate of drug-likeness (QED) is 0.901. The molecule has 2 rings (SSSR count). The smallest absolute Gasteiger partial charge is 0.265 e. The Hall–Kier alpha value is -1.66. The van der Waals surface area contributed by atoms with Crippen molar-refractivity contribution in [2.75, 3.05) is 19.4 Å². The van der Waals surface area contributed by atoms with Gasteiger partial charge in [0.25, 0.3) is 5.91 Å². The van der Waals surface area contributed by atoms with Crippen LogP contribution in [0.15, 0.2) is 40.2 Å². The minimum absolute atomic E-state index is 0.0511. The first-order chi connectivity index (χ1) is 9.95. The molecule has 2 amide bonds. The minimum Gasteiger partial charge on any atom is -0.349 e. The van der Waals surface area contributed by atoms with Crippen LogP contribution in [-0.2, 0) is 11.2 Å². The first kappa shape index (κ1) is 15.7. The van der Waals surface area contributed by atoms with Gasteiger partial charge in [-0.05, 0) is 45.8 Å². The van der Waals surface area contributed by atoms with Gasteiger partial charge in [0.1, 0.15) is 0 Å². The van der Waals surface area contributed by atoms with Crippen molar-refractivity contribution < 1.29 is 9.59 Å². The number of halogens is 1. The number of thiophene rings is 1. The molecule has 21 heavy (non-hydrogen) atoms. The molecule has 110 valence electrons. The topological polar surface area (TPSA) is 49.4 Å². The van der Waals surface area contributed by atoms with Gasteiger partial charge in [0.05, 0.1) is 15.1 Å². The molecular weight excluding hydrogens is 352 g/mol. The Bertz CT molecular complexity index is 650. The fourth-order valence-electron chi connectivity index (χ4n) is 1.67. The molecule has 0 saturated heterocycles. The predicted molar refractivity (Wildman–Crippen MR) is 88.8 cm³/mol. The maximum absolute atomic E-state index is 12.0. The Kier molecular flexibility index (Phi) is 5.14. The lowest BCUT2D eigenvalue weighted by atomic mass is 10.1. The number of hydrogen-bond donors (Lipinski definition) is 1. The summed E-state index contributed by atoms with van der Waals surface area (Å²) >= 11 is 4.72. The van der Waals surface area contributed by atoms with Crippen LogP contribution in [0, 0.1) is 0 Å². The van der Waals surface area contributed by atoms with Crippen LogP contribution in [0.3, 0.4) is 0 Å². The number of anilines is 1. The number of likely N-dealkylation sites (N-methyl/N-ethyl adjacent to an activating group) is 1. The van der Waals surface area contributed by atoms with Gasteiger partial charge >= 0.3 is 0 Å². The van der Waals surface area contributed by atoms with E-state index in [9.17, 15) is 9.59 Å². The maximum atomic E-state index is 12.0. The number of amides is 2. The molecule has 2 aromatic rings. The van der Waals surface area contributed by atoms with Gasteiger partial charge in [-0.1, -0.05) is 12.1 Å². The normalized spacial score (nSPS) is 10.2. The van der Waals surface area contributed by atoms with Gasteiger partial charge in [0.2, 0.25) is 5.91 Å². The lowest BCUT2D eigenvalue weighted by Gasteiger charge is -2.10. The van der Waals surface area contributed by atoms with Gasteiger partial charge < -0.3 is 10.2 Å². The van der Waals surface area contributed by atoms with Crippen LogP contribution in [0.2, 0.25) is 0 Å². The molecular formula is C15H15BrN2O2S. The van der Waals surface area contributed by atoms with Crippen molar-refractivity contribution in [1.29, 1.82) is 0 Å². The highest BCUT2D eigenvalue weighted by molar-refractivity contribution is 9.11. The summed E-state index contributed by atoms with van der Waals surface area (Å²) in [6.45, 7) is 0. The summed E-state index contributed by atoms with van der Waals surface area (Å²) in [6, 6.07) is 10.9. The van der Waals surface area contributed by atoms with Crippen molar-refractivity contribution in [3.8, 4) is 0 Å². The molecule has 0 atom stereocenters. The summed E-state index contributed by atoms with van der Waals surface area (Å²) in [5.41, 5.74) is 1.64. The molecule has 4 nitrogen and oxygen atoms in total. The van der Waals surface area contributed by atoms with Gasteiger partial charge in [-0.3, -0.25) is 9.59 Å². The largest absolute Gasteiger partial charge is 0.349 e. The summed E-state index contributed by atoms with van der Waals surface area (Å²) in [5, 5.41) is 2.83. The molecule has 0 unspecified atom stereocenters. The molecule has 0 fully saturated rings. The van der Waals surface area contributed by atoms with Crippen molar-refractivity contribution in [1.82, 2.24) is 4.90 Å². The van der Waals surface area contributed by atoms with E-state index in [-0.39, 0.29) is 11.8 Å². The summed E-state index contributed by atoms with van der Waals surface area (Å²) in [5.74, 6) is -0.0851. The van der Waals surface area contributed by atoms with Gasteiger partial charge in [-0.2, -0.15) is 0 Å². The molecule has 6 heteroatoms. The molecule has 0 bridgehead atoms. The number of carbonyl (C=O) groups excluding carboxylic acids is 2. The van der Waals surface area contributed by atoms with Crippen LogP contribution in [0.1, 0.15) is 15.2 Å². The summed E-state index contributed by atoms with van der Waals surface area (Å²) in [6.07, 6.45) is 0.360. The lowest BCUT2D eigenvalue weighted by molar-refractivity contribution is -0.127. The van der Waals surface area contributed by atoms with Gasteiger partial charge in [0, 0.05) is 19.8 Å². The molecule has 0 saturated carbocycles. The summed E-state index contributed by atoms with van der Waals surface area (Å²) < 4.78 is 0.921. The average Bonchev–Trinajstić information content (AvgIpc) is 2.87. The molecule has 1 heterocycles. The molecule has 0 spiro atoms. The van der Waals surface area contributed by atoms with Crippen molar-refractivity contribution >= 4 is 44.8 Å². The minimum atomic E-state index is -0.136. The van der Waals surface area contributed by atoms with E-state index in [0.29, 0.717) is 17.0 Å². The third-order valence-electron chi connectivity index (χ3n) is 2.86. The second-order valence-corrected chi connectivity index (χ2v) is 7.18. The fraction of sp³-hybridized carbons (Fsp3) is 0.200. The molecule has 0 radical (unpaired) electrons. The predicted octanol–water partition coefficient (Wildman–Crippen LogP) is 3.39. The second-order valence-electron chi connectivity index (χ2n) is 4.72. The van der Waals surface area contributed by atoms with Crippen molar-refractivity contribution in [3.05, 3.63) is 50.6 Å². The zero-order valence-corrected chi connectivity index (χ0v) is 14.1. The third kappa shape index (κ3) is 4.41. The number of rotatable bonds is 4. The van der Waals surface area contributed by atoms with Crippen molar-refractivity contribution in [3.63, 3.8) is 0 Å². The van der Waals surface area contributed by atoms with Gasteiger partial charge in [-0.25, -0.2) is 0 Å². The van der Waals surface area contributed by atoms with Gasteiger partial charge in [0.15, 0.2) is 0 Å². The van der Waals surface area contributed by atoms with Crippen molar-refractivity contribution in [2.45, 2.75) is 6.42 Å². The van der Waals surface area contributed by atoms with Gasteiger partial charge in [-0.15, -0.1) is 11.3 Å². The zero-order valence-electron chi connectivity index (χ0n) is 11.7. The standard InChI is InChI=1S/C15H15BrN2O2S/c1-18(2)14(19)9-10-3-5-11(6-4-10)17-15(20)12-7-8-13(16)21-12/h3-8H,9H2,1-2H3,(H,17,20). The van der Waals surface area contributed by atoms with Crippen molar-refractivity contribution in [2.24, 2.45) is 0 Å². The molecule has 0 aliphatic heterocycles. The molecule has 0 aliphatic carbocycles. The third-order valence-corrected chi connectivity index (χ3v) is 4.49. The van der Waals surface area contributed by atoms with E-state index in [4.69, 9.17) is 0 Å². The Labute approximate surface area is 135 Å². The van der Waals surface area contributed by atoms with E-state index in [1.165, 1.54) is 11.3 Å². The SMILES string of the molecule is CN(C)C(=O)Cc1ccc(NC(=O)c2ccc(Br)s2)cc1. The second kappa shape index (κ2) is 6.87. The highest BCUT2D eigenvalue weighted by Gasteiger charge is 2.09. The fourth-order valence-corrected chi connectivity index (χ4v) is 2.95. The maximum Gasteiger partial charge on any atom is 0.265 e. The Morgan fingerprint density at radius 3 is 2.33 bits per heavy atom. The number of carbonyl (C=O) groups is 2. The van der Waals surface area contributed by atoms with Crippen LogP contribution in [0.25, 0.3) is 0 Å². The Balaban J connectivity index is 1.99. The van der Waals surface area contributed by atoms with E-state index < -0.39 is 0 Å². The van der Waals surface area contributed by atoms with E-state index in [0.717, 1.165) is 9.35 Å². The highest BCUT2D eigenvalue weighted by atomic mass is 79.9.